The quantitative estimate of drug-likeness (QED) is 0.834. The summed E-state index contributed by atoms with van der Waals surface area (Å²) in [6.07, 6.45) is 7.26. The summed E-state index contributed by atoms with van der Waals surface area (Å²) in [5.41, 5.74) is 0.973. The van der Waals surface area contributed by atoms with Gasteiger partial charge in [-0.05, 0) is 49.5 Å². The molecule has 5 nitrogen and oxygen atoms in total. The topological polar surface area (TPSA) is 49.1 Å². The molecule has 1 fully saturated rings. The van der Waals surface area contributed by atoms with Gasteiger partial charge < -0.3 is 4.42 Å². The van der Waals surface area contributed by atoms with Gasteiger partial charge in [0.25, 0.3) is 5.91 Å². The molecule has 6 heteroatoms. The van der Waals surface area contributed by atoms with E-state index in [0.717, 1.165) is 29.4 Å². The van der Waals surface area contributed by atoms with Crippen LogP contribution in [0.5, 0.6) is 0 Å². The van der Waals surface area contributed by atoms with E-state index in [1.54, 1.807) is 22.6 Å². The van der Waals surface area contributed by atoms with E-state index in [9.17, 15) is 4.79 Å². The number of nitrogens with zero attached hydrogens (tertiary/aromatic N) is 3. The van der Waals surface area contributed by atoms with Crippen LogP contribution in [-0.4, -0.2) is 41.2 Å². The lowest BCUT2D eigenvalue weighted by Crippen LogP contribution is -2.38. The van der Waals surface area contributed by atoms with Crippen molar-refractivity contribution in [3.63, 3.8) is 0 Å². The molecular formula is C19H23N3O2S. The van der Waals surface area contributed by atoms with Gasteiger partial charge in [0, 0.05) is 6.42 Å². The van der Waals surface area contributed by atoms with Gasteiger partial charge in [0.1, 0.15) is 11.8 Å². The number of carbonyl (C=O) groups is 1. The lowest BCUT2D eigenvalue weighted by atomic mass is 10.1. The summed E-state index contributed by atoms with van der Waals surface area (Å²) in [5.74, 6) is 0.870. The molecule has 25 heavy (non-hydrogen) atoms. The lowest BCUT2D eigenvalue weighted by Gasteiger charge is -2.24. The largest absolute Gasteiger partial charge is 0.467 e. The highest BCUT2D eigenvalue weighted by atomic mass is 32.1. The fourth-order valence-corrected chi connectivity index (χ4v) is 4.31. The van der Waals surface area contributed by atoms with Crippen molar-refractivity contribution in [1.29, 1.82) is 0 Å². The molecule has 1 saturated heterocycles. The molecule has 0 aromatic carbocycles. The molecule has 1 atom stereocenters. The van der Waals surface area contributed by atoms with E-state index in [1.807, 2.05) is 23.6 Å². The lowest BCUT2D eigenvalue weighted by molar-refractivity contribution is -0.134. The van der Waals surface area contributed by atoms with Gasteiger partial charge >= 0.3 is 0 Å². The van der Waals surface area contributed by atoms with Gasteiger partial charge in [0.05, 0.1) is 23.4 Å². The number of thiophene rings is 1. The predicted octanol–water partition coefficient (Wildman–Crippen LogP) is 3.89. The SMILES string of the molecule is O=C(CN1CCCCCC1)N1N=C(c2cccs2)CC1c1ccco1. The van der Waals surface area contributed by atoms with Crippen LogP contribution in [0.15, 0.2) is 45.4 Å². The molecule has 0 aliphatic carbocycles. The van der Waals surface area contributed by atoms with E-state index in [0.29, 0.717) is 13.0 Å². The van der Waals surface area contributed by atoms with Crippen molar-refractivity contribution < 1.29 is 9.21 Å². The Bertz CT molecular complexity index is 716. The van der Waals surface area contributed by atoms with Crippen molar-refractivity contribution >= 4 is 23.0 Å². The third kappa shape index (κ3) is 3.70. The molecule has 0 radical (unpaired) electrons. The van der Waals surface area contributed by atoms with Crippen LogP contribution < -0.4 is 0 Å². The van der Waals surface area contributed by atoms with Gasteiger partial charge in [-0.1, -0.05) is 18.9 Å². The predicted molar refractivity (Wildman–Crippen MR) is 98.7 cm³/mol. The average Bonchev–Trinajstić information content (AvgIpc) is 3.34. The summed E-state index contributed by atoms with van der Waals surface area (Å²) in [4.78, 5) is 16.4. The average molecular weight is 357 g/mol. The second kappa shape index (κ2) is 7.54. The third-order valence-corrected chi connectivity index (χ3v) is 5.82. The van der Waals surface area contributed by atoms with Crippen molar-refractivity contribution in [2.24, 2.45) is 5.10 Å². The Morgan fingerprint density at radius 1 is 1.20 bits per heavy atom. The van der Waals surface area contributed by atoms with Gasteiger partial charge in [0.2, 0.25) is 0 Å². The summed E-state index contributed by atoms with van der Waals surface area (Å²) in [6.45, 7) is 2.46. The van der Waals surface area contributed by atoms with E-state index in [2.05, 4.69) is 16.1 Å². The standard InChI is InChI=1S/C19H23N3O2S/c23-19(14-21-9-3-1-2-4-10-21)22-16(17-7-5-11-24-17)13-15(20-22)18-8-6-12-25-18/h5-8,11-12,16H,1-4,9-10,13-14H2. The van der Waals surface area contributed by atoms with E-state index in [-0.39, 0.29) is 11.9 Å². The maximum atomic E-state index is 13.0. The first-order valence-electron chi connectivity index (χ1n) is 9.00. The number of amides is 1. The molecule has 2 aliphatic rings. The highest BCUT2D eigenvalue weighted by molar-refractivity contribution is 7.12. The highest BCUT2D eigenvalue weighted by Crippen LogP contribution is 2.34. The first kappa shape index (κ1) is 16.5. The zero-order valence-electron chi connectivity index (χ0n) is 14.3. The van der Waals surface area contributed by atoms with E-state index < -0.39 is 0 Å². The molecule has 2 aromatic heterocycles. The molecule has 0 bridgehead atoms. The summed E-state index contributed by atoms with van der Waals surface area (Å²) in [5, 5.41) is 8.38. The molecule has 132 valence electrons. The Morgan fingerprint density at radius 3 is 2.72 bits per heavy atom. The number of hydrogen-bond acceptors (Lipinski definition) is 5. The fourth-order valence-electron chi connectivity index (χ4n) is 3.59. The molecule has 1 amide bonds. The van der Waals surface area contributed by atoms with Crippen LogP contribution in [-0.2, 0) is 4.79 Å². The van der Waals surface area contributed by atoms with Crippen molar-refractivity contribution in [2.75, 3.05) is 19.6 Å². The minimum Gasteiger partial charge on any atom is -0.467 e. The second-order valence-electron chi connectivity index (χ2n) is 6.69. The zero-order valence-corrected chi connectivity index (χ0v) is 15.1. The van der Waals surface area contributed by atoms with Gasteiger partial charge in [-0.2, -0.15) is 5.10 Å². The van der Waals surface area contributed by atoms with E-state index in [1.165, 1.54) is 25.7 Å². The van der Waals surface area contributed by atoms with Crippen molar-refractivity contribution in [1.82, 2.24) is 9.91 Å². The molecule has 2 aliphatic heterocycles. The second-order valence-corrected chi connectivity index (χ2v) is 7.64. The monoisotopic (exact) mass is 357 g/mol. The fraction of sp³-hybridized carbons (Fsp3) is 0.474. The van der Waals surface area contributed by atoms with E-state index in [4.69, 9.17) is 4.42 Å². The number of likely N-dealkylation sites (tertiary alicyclic amines) is 1. The molecule has 2 aromatic rings. The van der Waals surface area contributed by atoms with Crippen molar-refractivity contribution in [2.45, 2.75) is 38.1 Å². The Balaban J connectivity index is 1.53. The summed E-state index contributed by atoms with van der Waals surface area (Å²) < 4.78 is 5.60. The molecule has 1 unspecified atom stereocenters. The molecular weight excluding hydrogens is 334 g/mol. The minimum absolute atomic E-state index is 0.0647. The normalized spacial score (nSPS) is 22.0. The van der Waals surface area contributed by atoms with Crippen LogP contribution in [0.2, 0.25) is 0 Å². The van der Waals surface area contributed by atoms with Gasteiger partial charge in [-0.3, -0.25) is 9.69 Å². The van der Waals surface area contributed by atoms with Crippen LogP contribution >= 0.6 is 11.3 Å². The third-order valence-electron chi connectivity index (χ3n) is 4.90. The molecule has 0 saturated carbocycles. The summed E-state index contributed by atoms with van der Waals surface area (Å²) >= 11 is 1.66. The Hall–Kier alpha value is -1.92. The van der Waals surface area contributed by atoms with Crippen LogP contribution in [0.1, 0.15) is 48.8 Å². The van der Waals surface area contributed by atoms with Gasteiger partial charge in [0.15, 0.2) is 0 Å². The number of rotatable bonds is 4. The number of hydrogen-bond donors (Lipinski definition) is 0. The highest BCUT2D eigenvalue weighted by Gasteiger charge is 2.35. The Morgan fingerprint density at radius 2 is 2.04 bits per heavy atom. The number of carbonyl (C=O) groups excluding carboxylic acids is 1. The minimum atomic E-state index is -0.133. The molecule has 4 heterocycles. The van der Waals surface area contributed by atoms with E-state index >= 15 is 0 Å². The maximum Gasteiger partial charge on any atom is 0.257 e. The van der Waals surface area contributed by atoms with Crippen LogP contribution in [0, 0.1) is 0 Å². The maximum absolute atomic E-state index is 13.0. The number of hydrazone groups is 1. The van der Waals surface area contributed by atoms with Gasteiger partial charge in [-0.15, -0.1) is 11.3 Å². The van der Waals surface area contributed by atoms with Crippen molar-refractivity contribution in [3.8, 4) is 0 Å². The van der Waals surface area contributed by atoms with Crippen LogP contribution in [0.4, 0.5) is 0 Å². The molecule has 4 rings (SSSR count). The molecule has 0 N–H and O–H groups in total. The van der Waals surface area contributed by atoms with Gasteiger partial charge in [-0.25, -0.2) is 5.01 Å². The van der Waals surface area contributed by atoms with Crippen molar-refractivity contribution in [3.05, 3.63) is 46.5 Å². The summed E-state index contributed by atoms with van der Waals surface area (Å²) in [6, 6.07) is 7.75. The number of furan rings is 1. The Labute approximate surface area is 151 Å². The first-order chi connectivity index (χ1) is 12.3. The van der Waals surface area contributed by atoms with Crippen LogP contribution in [0.3, 0.4) is 0 Å². The summed E-state index contributed by atoms with van der Waals surface area (Å²) in [7, 11) is 0. The Kier molecular flexibility index (Phi) is 4.99. The molecule has 0 spiro atoms. The van der Waals surface area contributed by atoms with Crippen LogP contribution in [0.25, 0.3) is 0 Å². The zero-order chi connectivity index (χ0) is 17.1. The smallest absolute Gasteiger partial charge is 0.257 e. The first-order valence-corrected chi connectivity index (χ1v) is 9.88.